The van der Waals surface area contributed by atoms with Crippen molar-refractivity contribution in [2.75, 3.05) is 26.2 Å². The Hall–Kier alpha value is -2.18. The number of nitrogens with zero attached hydrogens (tertiary/aromatic N) is 4. The van der Waals surface area contributed by atoms with E-state index < -0.39 is 0 Å². The van der Waals surface area contributed by atoms with Gasteiger partial charge in [0.1, 0.15) is 6.54 Å². The average Bonchev–Trinajstić information content (AvgIpc) is 2.67. The number of rotatable bonds is 5. The highest BCUT2D eigenvalue weighted by Crippen LogP contribution is 2.39. The fraction of sp³-hybridized carbons (Fsp3) is 0.727. The van der Waals surface area contributed by atoms with Crippen molar-refractivity contribution in [2.24, 2.45) is 11.3 Å². The van der Waals surface area contributed by atoms with Crippen molar-refractivity contribution in [3.05, 3.63) is 27.7 Å². The van der Waals surface area contributed by atoms with Crippen LogP contribution in [0.25, 0.3) is 0 Å². The van der Waals surface area contributed by atoms with Crippen molar-refractivity contribution < 1.29 is 9.59 Å². The van der Waals surface area contributed by atoms with Crippen molar-refractivity contribution in [3.8, 4) is 0 Å². The first-order chi connectivity index (χ1) is 13.7. The van der Waals surface area contributed by atoms with Gasteiger partial charge in [-0.2, -0.15) is 5.10 Å². The van der Waals surface area contributed by atoms with Crippen LogP contribution in [0.2, 0.25) is 0 Å². The summed E-state index contributed by atoms with van der Waals surface area (Å²) < 4.78 is 1.27. The number of aryl methyl sites for hydroxylation is 2. The standard InChI is InChI=1S/C22H34N4O3/c1-16(2)7-11-25-15-22(9-6-19(25)27)8-5-10-24(14-22)21(29)13-26-20(28)12-17(3)18(4)23-26/h12,16H,5-11,13-15H2,1-4H3. The van der Waals surface area contributed by atoms with E-state index in [1.807, 2.05) is 23.6 Å². The first kappa shape index (κ1) is 21.5. The zero-order valence-corrected chi connectivity index (χ0v) is 18.2. The molecule has 160 valence electrons. The summed E-state index contributed by atoms with van der Waals surface area (Å²) in [5, 5.41) is 4.28. The predicted molar refractivity (Wildman–Crippen MR) is 111 cm³/mol. The van der Waals surface area contributed by atoms with E-state index in [1.54, 1.807) is 0 Å². The van der Waals surface area contributed by atoms with Crippen LogP contribution in [0.15, 0.2) is 10.9 Å². The summed E-state index contributed by atoms with van der Waals surface area (Å²) >= 11 is 0. The second kappa shape index (κ2) is 8.67. The lowest BCUT2D eigenvalue weighted by molar-refractivity contribution is -0.143. The first-order valence-corrected chi connectivity index (χ1v) is 10.8. The van der Waals surface area contributed by atoms with Crippen molar-refractivity contribution in [1.29, 1.82) is 0 Å². The van der Waals surface area contributed by atoms with Crippen LogP contribution in [0.3, 0.4) is 0 Å². The minimum absolute atomic E-state index is 0.0135. The maximum absolute atomic E-state index is 12.9. The molecular weight excluding hydrogens is 368 g/mol. The first-order valence-electron chi connectivity index (χ1n) is 10.8. The number of carbonyl (C=O) groups is 2. The molecule has 3 rings (SSSR count). The molecule has 1 aromatic rings. The summed E-state index contributed by atoms with van der Waals surface area (Å²) in [7, 11) is 0. The van der Waals surface area contributed by atoms with Gasteiger partial charge < -0.3 is 9.80 Å². The minimum Gasteiger partial charge on any atom is -0.342 e. The van der Waals surface area contributed by atoms with Gasteiger partial charge in [-0.1, -0.05) is 13.8 Å². The zero-order valence-electron chi connectivity index (χ0n) is 18.2. The Labute approximate surface area is 173 Å². The molecule has 3 heterocycles. The lowest BCUT2D eigenvalue weighted by Gasteiger charge is -2.48. The molecule has 1 spiro atoms. The van der Waals surface area contributed by atoms with Gasteiger partial charge in [0.2, 0.25) is 11.8 Å². The van der Waals surface area contributed by atoms with Crippen LogP contribution in [-0.2, 0) is 16.1 Å². The molecular formula is C22H34N4O3. The monoisotopic (exact) mass is 402 g/mol. The highest BCUT2D eigenvalue weighted by molar-refractivity contribution is 5.78. The number of carbonyl (C=O) groups excluding carboxylic acids is 2. The molecule has 1 unspecified atom stereocenters. The van der Waals surface area contributed by atoms with Gasteiger partial charge in [0, 0.05) is 44.1 Å². The van der Waals surface area contributed by atoms with Crippen molar-refractivity contribution in [3.63, 3.8) is 0 Å². The Balaban J connectivity index is 1.68. The van der Waals surface area contributed by atoms with E-state index in [4.69, 9.17) is 0 Å². The lowest BCUT2D eigenvalue weighted by Crippen LogP contribution is -2.55. The smallest absolute Gasteiger partial charge is 0.267 e. The fourth-order valence-electron chi connectivity index (χ4n) is 4.49. The Morgan fingerprint density at radius 3 is 2.69 bits per heavy atom. The van der Waals surface area contributed by atoms with Gasteiger partial charge in [-0.25, -0.2) is 4.68 Å². The highest BCUT2D eigenvalue weighted by Gasteiger charge is 2.42. The van der Waals surface area contributed by atoms with Gasteiger partial charge in [-0.3, -0.25) is 14.4 Å². The van der Waals surface area contributed by atoms with Crippen LogP contribution >= 0.6 is 0 Å². The molecule has 29 heavy (non-hydrogen) atoms. The molecule has 1 atom stereocenters. The van der Waals surface area contributed by atoms with Gasteiger partial charge in [-0.05, 0) is 51.0 Å². The number of piperidine rings is 2. The molecule has 2 fully saturated rings. The molecule has 0 aromatic carbocycles. The number of hydrogen-bond donors (Lipinski definition) is 0. The van der Waals surface area contributed by atoms with Crippen molar-refractivity contribution in [1.82, 2.24) is 19.6 Å². The predicted octanol–water partition coefficient (Wildman–Crippen LogP) is 2.14. The van der Waals surface area contributed by atoms with Crippen LogP contribution in [0.1, 0.15) is 57.2 Å². The maximum atomic E-state index is 12.9. The van der Waals surface area contributed by atoms with E-state index in [1.165, 1.54) is 10.7 Å². The van der Waals surface area contributed by atoms with Crippen LogP contribution < -0.4 is 5.56 Å². The second-order valence-electron chi connectivity index (χ2n) is 9.33. The summed E-state index contributed by atoms with van der Waals surface area (Å²) in [4.78, 5) is 41.4. The molecule has 0 aliphatic carbocycles. The molecule has 0 N–H and O–H groups in total. The number of amides is 2. The van der Waals surface area contributed by atoms with E-state index in [9.17, 15) is 14.4 Å². The van der Waals surface area contributed by atoms with Gasteiger partial charge >= 0.3 is 0 Å². The Kier molecular flexibility index (Phi) is 6.44. The zero-order chi connectivity index (χ0) is 21.2. The third-order valence-electron chi connectivity index (χ3n) is 6.46. The van der Waals surface area contributed by atoms with Crippen LogP contribution in [0.5, 0.6) is 0 Å². The number of hydrogen-bond acceptors (Lipinski definition) is 4. The minimum atomic E-state index is -0.240. The summed E-state index contributed by atoms with van der Waals surface area (Å²) in [6, 6.07) is 1.53. The number of aromatic nitrogens is 2. The SMILES string of the molecule is Cc1cc(=O)n(CC(=O)N2CCCC3(CCC(=O)N(CCC(C)C)C3)C2)nc1C. The van der Waals surface area contributed by atoms with Gasteiger partial charge in [0.25, 0.3) is 5.56 Å². The Morgan fingerprint density at radius 2 is 1.97 bits per heavy atom. The van der Waals surface area contributed by atoms with Crippen LogP contribution in [-0.4, -0.2) is 57.6 Å². The van der Waals surface area contributed by atoms with E-state index >= 15 is 0 Å². The molecule has 7 heteroatoms. The quantitative estimate of drug-likeness (QED) is 0.756. The largest absolute Gasteiger partial charge is 0.342 e. The molecule has 0 bridgehead atoms. The van der Waals surface area contributed by atoms with Crippen LogP contribution in [0.4, 0.5) is 0 Å². The third kappa shape index (κ3) is 5.06. The van der Waals surface area contributed by atoms with E-state index in [-0.39, 0.29) is 29.3 Å². The maximum Gasteiger partial charge on any atom is 0.267 e. The van der Waals surface area contributed by atoms with Crippen LogP contribution in [0, 0.1) is 25.2 Å². The van der Waals surface area contributed by atoms with Gasteiger partial charge in [0.15, 0.2) is 0 Å². The van der Waals surface area contributed by atoms with Crippen molar-refractivity contribution in [2.45, 2.75) is 66.3 Å². The molecule has 2 amide bonds. The summed E-state index contributed by atoms with van der Waals surface area (Å²) in [5.74, 6) is 0.743. The summed E-state index contributed by atoms with van der Waals surface area (Å²) in [6.07, 6.45) is 4.40. The van der Waals surface area contributed by atoms with Gasteiger partial charge in [0.05, 0.1) is 5.69 Å². The van der Waals surface area contributed by atoms with E-state index in [2.05, 4.69) is 18.9 Å². The second-order valence-corrected chi connectivity index (χ2v) is 9.33. The molecule has 2 aliphatic heterocycles. The third-order valence-corrected chi connectivity index (χ3v) is 6.46. The van der Waals surface area contributed by atoms with Crippen molar-refractivity contribution >= 4 is 11.8 Å². The van der Waals surface area contributed by atoms with Gasteiger partial charge in [-0.15, -0.1) is 0 Å². The lowest BCUT2D eigenvalue weighted by atomic mass is 9.73. The Bertz CT molecular complexity index is 832. The molecule has 0 radical (unpaired) electrons. The van der Waals surface area contributed by atoms with E-state index in [0.717, 1.165) is 50.0 Å². The Morgan fingerprint density at radius 1 is 1.21 bits per heavy atom. The summed E-state index contributed by atoms with van der Waals surface area (Å²) in [5.41, 5.74) is 1.35. The van der Waals surface area contributed by atoms with E-state index in [0.29, 0.717) is 25.4 Å². The topological polar surface area (TPSA) is 75.5 Å². The highest BCUT2D eigenvalue weighted by atomic mass is 16.2. The number of likely N-dealkylation sites (tertiary alicyclic amines) is 2. The fourth-order valence-corrected chi connectivity index (χ4v) is 4.49. The normalized spacial score (nSPS) is 22.6. The molecule has 2 aliphatic rings. The molecule has 7 nitrogen and oxygen atoms in total. The molecule has 0 saturated carbocycles. The summed E-state index contributed by atoms with van der Waals surface area (Å²) in [6.45, 7) is 10.9. The average molecular weight is 403 g/mol. The molecule has 2 saturated heterocycles. The molecule has 1 aromatic heterocycles.